The van der Waals surface area contributed by atoms with E-state index in [2.05, 4.69) is 10.6 Å². The van der Waals surface area contributed by atoms with Crippen LogP contribution >= 0.6 is 24.0 Å². The zero-order valence-electron chi connectivity index (χ0n) is 15.1. The maximum Gasteiger partial charge on any atom is 0.252 e. The number of aryl methyl sites for hydroxylation is 1. The molecule has 0 aliphatic rings. The van der Waals surface area contributed by atoms with Crippen molar-refractivity contribution in [3.63, 3.8) is 0 Å². The van der Waals surface area contributed by atoms with E-state index in [0.717, 1.165) is 5.56 Å². The van der Waals surface area contributed by atoms with Crippen molar-refractivity contribution in [2.24, 2.45) is 5.73 Å². The third-order valence-electron chi connectivity index (χ3n) is 3.79. The fraction of sp³-hybridized carbons (Fsp3) is 0.263. The number of ether oxygens (including phenoxy) is 1. The Balaban J connectivity index is 0.00000364. The number of benzene rings is 2. The summed E-state index contributed by atoms with van der Waals surface area (Å²) in [6, 6.07) is 11.3. The van der Waals surface area contributed by atoms with Crippen LogP contribution in [0.2, 0.25) is 5.02 Å². The average Bonchev–Trinajstić information content (AvgIpc) is 2.62. The summed E-state index contributed by atoms with van der Waals surface area (Å²) in [5.41, 5.74) is 8.60. The van der Waals surface area contributed by atoms with Gasteiger partial charge >= 0.3 is 0 Å². The standard InChI is InChI=1S/C19H22ClN3O3.ClH/c1-12-3-5-13(6-4-12)17(21)19(25)23-14-7-8-15(16(20)11-14)18(24)22-9-10-26-2;/h3-8,11,17H,9-10,21H2,1-2H3,(H,22,24)(H,23,25);1H. The van der Waals surface area contributed by atoms with Crippen molar-refractivity contribution in [2.75, 3.05) is 25.6 Å². The maximum absolute atomic E-state index is 12.3. The minimum absolute atomic E-state index is 0. The second kappa shape index (κ2) is 10.9. The summed E-state index contributed by atoms with van der Waals surface area (Å²) in [5, 5.41) is 5.64. The molecule has 4 N–H and O–H groups in total. The number of hydrogen-bond donors (Lipinski definition) is 3. The summed E-state index contributed by atoms with van der Waals surface area (Å²) in [5.74, 6) is -0.663. The number of rotatable bonds is 7. The number of carbonyl (C=O) groups excluding carboxylic acids is 2. The van der Waals surface area contributed by atoms with Crippen LogP contribution in [0.1, 0.15) is 27.5 Å². The molecule has 1 atom stereocenters. The quantitative estimate of drug-likeness (QED) is 0.610. The van der Waals surface area contributed by atoms with Crippen LogP contribution in [-0.4, -0.2) is 32.1 Å². The molecule has 0 radical (unpaired) electrons. The van der Waals surface area contributed by atoms with Gasteiger partial charge in [-0.2, -0.15) is 0 Å². The Labute approximate surface area is 169 Å². The Kier molecular flexibility index (Phi) is 9.25. The second-order valence-electron chi connectivity index (χ2n) is 5.82. The molecule has 2 aromatic rings. The highest BCUT2D eigenvalue weighted by molar-refractivity contribution is 6.34. The van der Waals surface area contributed by atoms with E-state index >= 15 is 0 Å². The number of anilines is 1. The molecule has 0 aliphatic carbocycles. The molecule has 0 aromatic heterocycles. The topological polar surface area (TPSA) is 93.5 Å². The van der Waals surface area contributed by atoms with Gasteiger partial charge in [-0.3, -0.25) is 9.59 Å². The van der Waals surface area contributed by atoms with Gasteiger partial charge in [0.05, 0.1) is 17.2 Å². The van der Waals surface area contributed by atoms with Gasteiger partial charge in [0.25, 0.3) is 5.91 Å². The largest absolute Gasteiger partial charge is 0.383 e. The number of carbonyl (C=O) groups is 2. The predicted octanol–water partition coefficient (Wildman–Crippen LogP) is 3.08. The van der Waals surface area contributed by atoms with Crippen LogP contribution in [0.15, 0.2) is 42.5 Å². The molecule has 27 heavy (non-hydrogen) atoms. The Morgan fingerprint density at radius 3 is 2.44 bits per heavy atom. The Morgan fingerprint density at radius 1 is 1.19 bits per heavy atom. The van der Waals surface area contributed by atoms with Crippen LogP contribution in [0.4, 0.5) is 5.69 Å². The first kappa shape index (κ1) is 22.9. The third-order valence-corrected chi connectivity index (χ3v) is 4.10. The molecule has 0 aliphatic heterocycles. The molecule has 146 valence electrons. The fourth-order valence-electron chi connectivity index (χ4n) is 2.28. The molecule has 0 saturated heterocycles. The first-order valence-electron chi connectivity index (χ1n) is 8.12. The number of nitrogens with one attached hydrogen (secondary N) is 2. The summed E-state index contributed by atoms with van der Waals surface area (Å²) >= 11 is 6.16. The van der Waals surface area contributed by atoms with Gasteiger partial charge in [-0.15, -0.1) is 12.4 Å². The Hall–Kier alpha value is -2.12. The van der Waals surface area contributed by atoms with Crippen LogP contribution in [0.25, 0.3) is 0 Å². The molecule has 2 aromatic carbocycles. The molecule has 2 rings (SSSR count). The minimum Gasteiger partial charge on any atom is -0.383 e. The van der Waals surface area contributed by atoms with Gasteiger partial charge in [0, 0.05) is 19.3 Å². The van der Waals surface area contributed by atoms with E-state index in [-0.39, 0.29) is 29.2 Å². The van der Waals surface area contributed by atoms with Crippen molar-refractivity contribution >= 4 is 41.5 Å². The summed E-state index contributed by atoms with van der Waals surface area (Å²) in [6.45, 7) is 2.76. The summed E-state index contributed by atoms with van der Waals surface area (Å²) < 4.78 is 4.88. The number of nitrogens with two attached hydrogens (primary N) is 1. The van der Waals surface area contributed by atoms with Crippen molar-refractivity contribution in [1.82, 2.24) is 5.32 Å². The maximum atomic E-state index is 12.3. The van der Waals surface area contributed by atoms with Gasteiger partial charge in [0.15, 0.2) is 0 Å². The fourth-order valence-corrected chi connectivity index (χ4v) is 2.55. The van der Waals surface area contributed by atoms with E-state index in [9.17, 15) is 9.59 Å². The van der Waals surface area contributed by atoms with E-state index in [1.165, 1.54) is 6.07 Å². The molecule has 0 saturated carbocycles. The van der Waals surface area contributed by atoms with Crippen LogP contribution in [0.5, 0.6) is 0 Å². The van der Waals surface area contributed by atoms with Gasteiger partial charge in [-0.05, 0) is 30.7 Å². The van der Waals surface area contributed by atoms with Crippen LogP contribution < -0.4 is 16.4 Å². The van der Waals surface area contributed by atoms with Crippen LogP contribution in [0.3, 0.4) is 0 Å². The molecule has 8 heteroatoms. The molecule has 2 amide bonds. The number of hydrogen-bond acceptors (Lipinski definition) is 4. The number of methoxy groups -OCH3 is 1. The van der Waals surface area contributed by atoms with Gasteiger partial charge in [0.1, 0.15) is 6.04 Å². The molecular formula is C19H23Cl2N3O3. The van der Waals surface area contributed by atoms with Gasteiger partial charge in [-0.25, -0.2) is 0 Å². The third kappa shape index (κ3) is 6.52. The molecule has 0 fully saturated rings. The van der Waals surface area contributed by atoms with Crippen molar-refractivity contribution in [3.05, 3.63) is 64.2 Å². The van der Waals surface area contributed by atoms with Crippen LogP contribution in [0, 0.1) is 6.92 Å². The van der Waals surface area contributed by atoms with Crippen molar-refractivity contribution in [2.45, 2.75) is 13.0 Å². The minimum atomic E-state index is -0.800. The van der Waals surface area contributed by atoms with Crippen molar-refractivity contribution < 1.29 is 14.3 Å². The zero-order chi connectivity index (χ0) is 19.1. The lowest BCUT2D eigenvalue weighted by atomic mass is 10.1. The Morgan fingerprint density at radius 2 is 1.85 bits per heavy atom. The van der Waals surface area contributed by atoms with Crippen molar-refractivity contribution in [1.29, 1.82) is 0 Å². The summed E-state index contributed by atoms with van der Waals surface area (Å²) in [7, 11) is 1.55. The number of amides is 2. The molecular weight excluding hydrogens is 389 g/mol. The highest BCUT2D eigenvalue weighted by atomic mass is 35.5. The monoisotopic (exact) mass is 411 g/mol. The van der Waals surface area contributed by atoms with E-state index in [1.807, 2.05) is 31.2 Å². The predicted molar refractivity (Wildman–Crippen MR) is 110 cm³/mol. The molecule has 0 spiro atoms. The highest BCUT2D eigenvalue weighted by Gasteiger charge is 2.17. The second-order valence-corrected chi connectivity index (χ2v) is 6.23. The van der Waals surface area contributed by atoms with E-state index in [1.54, 1.807) is 19.2 Å². The van der Waals surface area contributed by atoms with Gasteiger partial charge in [0.2, 0.25) is 5.91 Å². The van der Waals surface area contributed by atoms with Crippen molar-refractivity contribution in [3.8, 4) is 0 Å². The van der Waals surface area contributed by atoms with E-state index in [4.69, 9.17) is 22.1 Å². The first-order valence-corrected chi connectivity index (χ1v) is 8.50. The Bertz CT molecular complexity index is 782. The highest BCUT2D eigenvalue weighted by Crippen LogP contribution is 2.22. The normalized spacial score (nSPS) is 11.3. The number of halogens is 2. The summed E-state index contributed by atoms with van der Waals surface area (Å²) in [4.78, 5) is 24.4. The first-order chi connectivity index (χ1) is 12.4. The molecule has 6 nitrogen and oxygen atoms in total. The summed E-state index contributed by atoms with van der Waals surface area (Å²) in [6.07, 6.45) is 0. The van der Waals surface area contributed by atoms with E-state index < -0.39 is 6.04 Å². The van der Waals surface area contributed by atoms with Gasteiger partial charge in [-0.1, -0.05) is 41.4 Å². The molecule has 0 bridgehead atoms. The lowest BCUT2D eigenvalue weighted by molar-refractivity contribution is -0.117. The molecule has 1 unspecified atom stereocenters. The smallest absolute Gasteiger partial charge is 0.252 e. The zero-order valence-corrected chi connectivity index (χ0v) is 16.7. The average molecular weight is 412 g/mol. The molecule has 0 heterocycles. The lowest BCUT2D eigenvalue weighted by Crippen LogP contribution is -2.28. The van der Waals surface area contributed by atoms with E-state index in [0.29, 0.717) is 30.0 Å². The SMILES string of the molecule is COCCNC(=O)c1ccc(NC(=O)C(N)c2ccc(C)cc2)cc1Cl.Cl. The lowest BCUT2D eigenvalue weighted by Gasteiger charge is -2.14. The van der Waals surface area contributed by atoms with Gasteiger partial charge < -0.3 is 21.1 Å². The van der Waals surface area contributed by atoms with Crippen LogP contribution in [-0.2, 0) is 9.53 Å².